The minimum Gasteiger partial charge on any atom is -0.207 e. The first-order valence-electron chi connectivity index (χ1n) is 10.0. The second-order valence-electron chi connectivity index (χ2n) is 7.64. The summed E-state index contributed by atoms with van der Waals surface area (Å²) in [6.07, 6.45) is 4.63. The Morgan fingerprint density at radius 1 is 0.933 bits per heavy atom. The van der Waals surface area contributed by atoms with Crippen LogP contribution in [-0.4, -0.2) is 18.8 Å². The van der Waals surface area contributed by atoms with Gasteiger partial charge in [-0.2, -0.15) is 4.31 Å². The highest BCUT2D eigenvalue weighted by molar-refractivity contribution is 7.89. The van der Waals surface area contributed by atoms with Crippen molar-refractivity contribution in [1.29, 1.82) is 0 Å². The van der Waals surface area contributed by atoms with Gasteiger partial charge >= 0.3 is 0 Å². The number of nitrogens with zero attached hydrogens (tertiary/aromatic N) is 1. The highest BCUT2D eigenvalue weighted by Crippen LogP contribution is 2.45. The molecular formula is C26H25NO2S. The zero-order valence-electron chi connectivity index (χ0n) is 17.0. The summed E-state index contributed by atoms with van der Waals surface area (Å²) in [5.74, 6) is 0. The van der Waals surface area contributed by atoms with Gasteiger partial charge in [-0.15, -0.1) is 0 Å². The minimum atomic E-state index is -3.65. The lowest BCUT2D eigenvalue weighted by molar-refractivity contribution is 0.140. The van der Waals surface area contributed by atoms with Crippen LogP contribution in [0, 0.1) is 6.92 Å². The largest absolute Gasteiger partial charge is 0.244 e. The molecule has 152 valence electrons. The van der Waals surface area contributed by atoms with Crippen LogP contribution in [0.5, 0.6) is 0 Å². The standard InChI is InChI=1S/C26H25NO2S/c1-20-13-17-24(18-14-20)30(28,29)27-25(19-26(27)23-11-7-4-8-12-23)21(2)15-16-22-9-5-3-6-10-22/h3-18,25-26H,2,19H2,1H3/b16-15+/t25-,26+/m0/s1. The van der Waals surface area contributed by atoms with Crippen LogP contribution < -0.4 is 0 Å². The zero-order chi connectivity index (χ0) is 21.1. The molecular weight excluding hydrogens is 390 g/mol. The van der Waals surface area contributed by atoms with E-state index >= 15 is 0 Å². The normalized spacial score (nSPS) is 19.5. The topological polar surface area (TPSA) is 37.4 Å². The molecule has 30 heavy (non-hydrogen) atoms. The Bertz CT molecular complexity index is 1150. The van der Waals surface area contributed by atoms with Gasteiger partial charge in [-0.3, -0.25) is 0 Å². The first kappa shape index (κ1) is 20.3. The molecule has 0 N–H and O–H groups in total. The quantitative estimate of drug-likeness (QED) is 0.479. The van der Waals surface area contributed by atoms with Crippen molar-refractivity contribution < 1.29 is 8.42 Å². The van der Waals surface area contributed by atoms with E-state index in [1.165, 1.54) is 0 Å². The summed E-state index contributed by atoms with van der Waals surface area (Å²) in [5, 5.41) is 0. The minimum absolute atomic E-state index is 0.190. The van der Waals surface area contributed by atoms with Crippen molar-refractivity contribution in [1.82, 2.24) is 4.31 Å². The Hall–Kier alpha value is -2.95. The molecule has 1 aliphatic heterocycles. The van der Waals surface area contributed by atoms with Crippen molar-refractivity contribution in [2.75, 3.05) is 0 Å². The molecule has 0 aromatic heterocycles. The van der Waals surface area contributed by atoms with Crippen LogP contribution in [0.25, 0.3) is 6.08 Å². The van der Waals surface area contributed by atoms with E-state index in [1.54, 1.807) is 16.4 Å². The lowest BCUT2D eigenvalue weighted by Gasteiger charge is -2.48. The number of hydrogen-bond acceptors (Lipinski definition) is 2. The molecule has 0 bridgehead atoms. The molecule has 3 aromatic rings. The Kier molecular flexibility index (Phi) is 5.71. The Morgan fingerprint density at radius 2 is 1.53 bits per heavy atom. The Morgan fingerprint density at radius 3 is 2.17 bits per heavy atom. The smallest absolute Gasteiger partial charge is 0.207 e. The lowest BCUT2D eigenvalue weighted by atomic mass is 9.86. The average molecular weight is 416 g/mol. The van der Waals surface area contributed by atoms with E-state index in [-0.39, 0.29) is 12.1 Å². The summed E-state index contributed by atoms with van der Waals surface area (Å²) in [5.41, 5.74) is 3.89. The van der Waals surface area contributed by atoms with E-state index in [2.05, 4.69) is 6.58 Å². The van der Waals surface area contributed by atoms with Crippen LogP contribution in [0.15, 0.2) is 108 Å². The highest BCUT2D eigenvalue weighted by atomic mass is 32.2. The van der Waals surface area contributed by atoms with Gasteiger partial charge in [-0.1, -0.05) is 97.1 Å². The van der Waals surface area contributed by atoms with Gasteiger partial charge in [0.2, 0.25) is 10.0 Å². The Balaban J connectivity index is 1.66. The Labute approximate surface area is 179 Å². The monoisotopic (exact) mass is 415 g/mol. The average Bonchev–Trinajstić information content (AvgIpc) is 2.73. The van der Waals surface area contributed by atoms with Crippen LogP contribution in [0.2, 0.25) is 0 Å². The molecule has 1 fully saturated rings. The molecule has 0 amide bonds. The molecule has 0 radical (unpaired) electrons. The van der Waals surface area contributed by atoms with Crippen LogP contribution in [0.1, 0.15) is 29.2 Å². The molecule has 1 saturated heterocycles. The number of benzene rings is 3. The van der Waals surface area contributed by atoms with Gasteiger partial charge in [-0.05, 0) is 42.2 Å². The fourth-order valence-corrected chi connectivity index (χ4v) is 5.64. The van der Waals surface area contributed by atoms with Gasteiger partial charge in [0.1, 0.15) is 0 Å². The van der Waals surface area contributed by atoms with Gasteiger partial charge < -0.3 is 0 Å². The first-order valence-corrected chi connectivity index (χ1v) is 11.5. The SMILES string of the molecule is C=C(/C=C/c1ccccc1)[C@@H]1C[C@H](c2ccccc2)N1S(=O)(=O)c1ccc(C)cc1. The molecule has 1 aliphatic rings. The third kappa shape index (κ3) is 4.02. The fraction of sp³-hybridized carbons (Fsp3) is 0.154. The molecule has 4 heteroatoms. The van der Waals surface area contributed by atoms with E-state index < -0.39 is 10.0 Å². The van der Waals surface area contributed by atoms with Crippen molar-refractivity contribution in [2.45, 2.75) is 30.3 Å². The van der Waals surface area contributed by atoms with E-state index in [0.717, 1.165) is 22.3 Å². The van der Waals surface area contributed by atoms with Gasteiger partial charge in [0.15, 0.2) is 0 Å². The van der Waals surface area contributed by atoms with Crippen molar-refractivity contribution in [3.8, 4) is 0 Å². The summed E-state index contributed by atoms with van der Waals surface area (Å²) in [6.45, 7) is 6.15. The predicted molar refractivity (Wildman–Crippen MR) is 122 cm³/mol. The number of sulfonamides is 1. The molecule has 0 spiro atoms. The van der Waals surface area contributed by atoms with Crippen molar-refractivity contribution >= 4 is 16.1 Å². The van der Waals surface area contributed by atoms with Gasteiger partial charge in [0.25, 0.3) is 0 Å². The molecule has 3 aromatic carbocycles. The van der Waals surface area contributed by atoms with Gasteiger partial charge in [0, 0.05) is 0 Å². The zero-order valence-corrected chi connectivity index (χ0v) is 17.8. The summed E-state index contributed by atoms with van der Waals surface area (Å²) < 4.78 is 28.7. The lowest BCUT2D eigenvalue weighted by Crippen LogP contribution is -2.53. The van der Waals surface area contributed by atoms with E-state index in [4.69, 9.17) is 0 Å². The molecule has 4 rings (SSSR count). The molecule has 3 nitrogen and oxygen atoms in total. The van der Waals surface area contributed by atoms with Gasteiger partial charge in [-0.25, -0.2) is 8.42 Å². The number of hydrogen-bond donors (Lipinski definition) is 0. The molecule has 1 heterocycles. The van der Waals surface area contributed by atoms with Crippen LogP contribution in [0.4, 0.5) is 0 Å². The van der Waals surface area contributed by atoms with Crippen LogP contribution in [-0.2, 0) is 10.0 Å². The number of aryl methyl sites for hydroxylation is 1. The molecule has 0 saturated carbocycles. The third-order valence-electron chi connectivity index (χ3n) is 5.56. The predicted octanol–water partition coefficient (Wildman–Crippen LogP) is 5.77. The third-order valence-corrected chi connectivity index (χ3v) is 7.49. The summed E-state index contributed by atoms with van der Waals surface area (Å²) in [6, 6.07) is 26.4. The van der Waals surface area contributed by atoms with Crippen LogP contribution in [0.3, 0.4) is 0 Å². The molecule has 0 aliphatic carbocycles. The van der Waals surface area contributed by atoms with E-state index in [9.17, 15) is 8.42 Å². The fourth-order valence-electron chi connectivity index (χ4n) is 3.82. The summed E-state index contributed by atoms with van der Waals surface area (Å²) in [4.78, 5) is 0.318. The summed E-state index contributed by atoms with van der Waals surface area (Å²) >= 11 is 0. The van der Waals surface area contributed by atoms with E-state index in [1.807, 2.05) is 91.9 Å². The van der Waals surface area contributed by atoms with Crippen molar-refractivity contribution in [3.05, 3.63) is 120 Å². The maximum atomic E-state index is 13.6. The summed E-state index contributed by atoms with van der Waals surface area (Å²) in [7, 11) is -3.65. The van der Waals surface area contributed by atoms with Gasteiger partial charge in [0.05, 0.1) is 17.0 Å². The van der Waals surface area contributed by atoms with Crippen molar-refractivity contribution in [2.24, 2.45) is 0 Å². The number of rotatable bonds is 6. The van der Waals surface area contributed by atoms with Crippen molar-refractivity contribution in [3.63, 3.8) is 0 Å². The first-order chi connectivity index (χ1) is 14.5. The maximum Gasteiger partial charge on any atom is 0.244 e. The highest BCUT2D eigenvalue weighted by Gasteiger charge is 2.47. The molecule has 0 unspecified atom stereocenters. The second kappa shape index (κ2) is 8.42. The molecule has 2 atom stereocenters. The van der Waals surface area contributed by atoms with E-state index in [0.29, 0.717) is 11.3 Å². The maximum absolute atomic E-state index is 13.6. The second-order valence-corrected chi connectivity index (χ2v) is 9.49. The van der Waals surface area contributed by atoms with Crippen LogP contribution >= 0.6 is 0 Å².